The average Bonchev–Trinajstić information content (AvgIpc) is 3.21. The molecule has 2 aromatic carbocycles. The van der Waals surface area contributed by atoms with Gasteiger partial charge in [-0.2, -0.15) is 0 Å². The molecule has 1 aliphatic carbocycles. The standard InChI is InChI=1S/C20H17NO3S/c1-24-20(23)17-15-10-5-11-16(15)25-19(17)21-18(22)14-9-4-7-12-6-2-3-8-13(12)14/h2-4,6-9H,5,10-11H2,1H3,(H,21,22). The van der Waals surface area contributed by atoms with E-state index in [1.807, 2.05) is 36.4 Å². The summed E-state index contributed by atoms with van der Waals surface area (Å²) < 4.78 is 4.93. The van der Waals surface area contributed by atoms with Gasteiger partial charge in [0.1, 0.15) is 5.00 Å². The second kappa shape index (κ2) is 6.33. The predicted molar refractivity (Wildman–Crippen MR) is 99.6 cm³/mol. The van der Waals surface area contributed by atoms with Gasteiger partial charge in [-0.15, -0.1) is 11.3 Å². The molecule has 0 saturated heterocycles. The van der Waals surface area contributed by atoms with Crippen LogP contribution in [0.25, 0.3) is 10.8 Å². The molecule has 0 atom stereocenters. The van der Waals surface area contributed by atoms with Gasteiger partial charge < -0.3 is 10.1 Å². The van der Waals surface area contributed by atoms with Gasteiger partial charge in [0.25, 0.3) is 5.91 Å². The number of amides is 1. The Kier molecular flexibility index (Phi) is 4.01. The number of ether oxygens (including phenoxy) is 1. The number of thiophene rings is 1. The van der Waals surface area contributed by atoms with Crippen molar-refractivity contribution in [3.63, 3.8) is 0 Å². The summed E-state index contributed by atoms with van der Waals surface area (Å²) in [5, 5.41) is 5.44. The molecule has 1 N–H and O–H groups in total. The first kappa shape index (κ1) is 15.8. The molecular formula is C20H17NO3S. The summed E-state index contributed by atoms with van der Waals surface area (Å²) in [6, 6.07) is 13.4. The molecule has 5 heteroatoms. The van der Waals surface area contributed by atoms with E-state index < -0.39 is 0 Å². The average molecular weight is 351 g/mol. The van der Waals surface area contributed by atoms with Gasteiger partial charge in [-0.3, -0.25) is 4.79 Å². The van der Waals surface area contributed by atoms with E-state index in [4.69, 9.17) is 4.74 Å². The van der Waals surface area contributed by atoms with Crippen molar-refractivity contribution in [1.29, 1.82) is 0 Å². The molecule has 4 nitrogen and oxygen atoms in total. The van der Waals surface area contributed by atoms with E-state index in [2.05, 4.69) is 5.32 Å². The fourth-order valence-electron chi connectivity index (χ4n) is 3.40. The Morgan fingerprint density at radius 2 is 1.88 bits per heavy atom. The smallest absolute Gasteiger partial charge is 0.341 e. The Bertz CT molecular complexity index is 985. The zero-order valence-electron chi connectivity index (χ0n) is 13.8. The van der Waals surface area contributed by atoms with Crippen LogP contribution in [0.4, 0.5) is 5.00 Å². The van der Waals surface area contributed by atoms with E-state index in [1.54, 1.807) is 6.07 Å². The van der Waals surface area contributed by atoms with Crippen molar-refractivity contribution in [2.24, 2.45) is 0 Å². The lowest BCUT2D eigenvalue weighted by atomic mass is 10.0. The number of anilines is 1. The molecule has 0 saturated carbocycles. The number of nitrogens with one attached hydrogen (secondary N) is 1. The Morgan fingerprint density at radius 3 is 2.72 bits per heavy atom. The number of fused-ring (bicyclic) bond motifs is 2. The van der Waals surface area contributed by atoms with Crippen LogP contribution >= 0.6 is 11.3 Å². The van der Waals surface area contributed by atoms with Crippen molar-refractivity contribution in [3.8, 4) is 0 Å². The minimum atomic E-state index is -0.382. The van der Waals surface area contributed by atoms with Crippen molar-refractivity contribution in [3.05, 3.63) is 64.0 Å². The fraction of sp³-hybridized carbons (Fsp3) is 0.200. The quantitative estimate of drug-likeness (QED) is 0.710. The van der Waals surface area contributed by atoms with Crippen molar-refractivity contribution < 1.29 is 14.3 Å². The number of esters is 1. The second-order valence-electron chi connectivity index (χ2n) is 6.03. The summed E-state index contributed by atoms with van der Waals surface area (Å²) in [7, 11) is 1.37. The highest BCUT2D eigenvalue weighted by Gasteiger charge is 2.28. The van der Waals surface area contributed by atoms with Crippen LogP contribution in [0.2, 0.25) is 0 Å². The Balaban J connectivity index is 1.73. The molecule has 0 radical (unpaired) electrons. The third-order valence-electron chi connectivity index (χ3n) is 4.57. The molecular weight excluding hydrogens is 334 g/mol. The maximum Gasteiger partial charge on any atom is 0.341 e. The molecule has 0 bridgehead atoms. The maximum atomic E-state index is 12.9. The van der Waals surface area contributed by atoms with Gasteiger partial charge in [-0.1, -0.05) is 36.4 Å². The van der Waals surface area contributed by atoms with Gasteiger partial charge >= 0.3 is 5.97 Å². The highest BCUT2D eigenvalue weighted by atomic mass is 32.1. The number of carbonyl (C=O) groups is 2. The number of hydrogen-bond donors (Lipinski definition) is 1. The Labute approximate surface area is 149 Å². The number of hydrogen-bond acceptors (Lipinski definition) is 4. The summed E-state index contributed by atoms with van der Waals surface area (Å²) in [5.41, 5.74) is 2.15. The van der Waals surface area contributed by atoms with Crippen molar-refractivity contribution in [1.82, 2.24) is 0 Å². The minimum absolute atomic E-state index is 0.207. The normalized spacial score (nSPS) is 12.8. The largest absolute Gasteiger partial charge is 0.465 e. The lowest BCUT2D eigenvalue weighted by Gasteiger charge is -2.09. The summed E-state index contributed by atoms with van der Waals surface area (Å²) in [4.78, 5) is 26.3. The summed E-state index contributed by atoms with van der Waals surface area (Å²) in [5.74, 6) is -0.588. The fourth-order valence-corrected chi connectivity index (χ4v) is 4.68. The van der Waals surface area contributed by atoms with Crippen LogP contribution in [0.1, 0.15) is 37.6 Å². The molecule has 126 valence electrons. The number of aryl methyl sites for hydroxylation is 1. The molecule has 1 amide bonds. The van der Waals surface area contributed by atoms with Gasteiger partial charge in [0.15, 0.2) is 0 Å². The van der Waals surface area contributed by atoms with Crippen LogP contribution in [0, 0.1) is 0 Å². The molecule has 0 aliphatic heterocycles. The highest BCUT2D eigenvalue weighted by Crippen LogP contribution is 2.39. The lowest BCUT2D eigenvalue weighted by Crippen LogP contribution is -2.15. The highest BCUT2D eigenvalue weighted by molar-refractivity contribution is 7.17. The molecule has 1 aliphatic rings. The van der Waals surface area contributed by atoms with Crippen molar-refractivity contribution >= 4 is 39.0 Å². The molecule has 25 heavy (non-hydrogen) atoms. The van der Waals surface area contributed by atoms with E-state index >= 15 is 0 Å². The number of rotatable bonds is 3. The van der Waals surface area contributed by atoms with Gasteiger partial charge in [0.05, 0.1) is 12.7 Å². The lowest BCUT2D eigenvalue weighted by molar-refractivity contribution is 0.0601. The van der Waals surface area contributed by atoms with E-state index in [9.17, 15) is 9.59 Å². The SMILES string of the molecule is COC(=O)c1c(NC(=O)c2cccc3ccccc23)sc2c1CCC2. The van der Waals surface area contributed by atoms with Gasteiger partial charge in [0, 0.05) is 10.4 Å². The van der Waals surface area contributed by atoms with Crippen molar-refractivity contribution in [2.75, 3.05) is 12.4 Å². The molecule has 4 rings (SSSR count). The predicted octanol–water partition coefficient (Wildman–Crippen LogP) is 4.43. The van der Waals surface area contributed by atoms with E-state index in [-0.39, 0.29) is 11.9 Å². The van der Waals surface area contributed by atoms with E-state index in [0.29, 0.717) is 16.1 Å². The van der Waals surface area contributed by atoms with E-state index in [0.717, 1.165) is 35.6 Å². The van der Waals surface area contributed by atoms with Crippen LogP contribution in [0.15, 0.2) is 42.5 Å². The minimum Gasteiger partial charge on any atom is -0.465 e. The summed E-state index contributed by atoms with van der Waals surface area (Å²) >= 11 is 1.49. The summed E-state index contributed by atoms with van der Waals surface area (Å²) in [6.45, 7) is 0. The molecule has 0 unspecified atom stereocenters. The van der Waals surface area contributed by atoms with Gasteiger partial charge in [-0.05, 0) is 41.7 Å². The van der Waals surface area contributed by atoms with E-state index in [1.165, 1.54) is 23.3 Å². The van der Waals surface area contributed by atoms with Crippen LogP contribution in [0.3, 0.4) is 0 Å². The monoisotopic (exact) mass is 351 g/mol. The van der Waals surface area contributed by atoms with Crippen LogP contribution < -0.4 is 5.32 Å². The third kappa shape index (κ3) is 2.70. The molecule has 1 aromatic heterocycles. The maximum absolute atomic E-state index is 12.9. The van der Waals surface area contributed by atoms with Crippen LogP contribution in [0.5, 0.6) is 0 Å². The first-order chi connectivity index (χ1) is 12.2. The zero-order valence-corrected chi connectivity index (χ0v) is 14.6. The van der Waals surface area contributed by atoms with Gasteiger partial charge in [-0.25, -0.2) is 4.79 Å². The first-order valence-corrected chi connectivity index (χ1v) is 9.02. The third-order valence-corrected chi connectivity index (χ3v) is 5.78. The molecule has 0 spiro atoms. The number of methoxy groups -OCH3 is 1. The number of carbonyl (C=O) groups excluding carboxylic acids is 2. The van der Waals surface area contributed by atoms with Crippen LogP contribution in [-0.2, 0) is 17.6 Å². The topological polar surface area (TPSA) is 55.4 Å². The van der Waals surface area contributed by atoms with Gasteiger partial charge in [0.2, 0.25) is 0 Å². The molecule has 0 fully saturated rings. The molecule has 3 aromatic rings. The van der Waals surface area contributed by atoms with Crippen LogP contribution in [-0.4, -0.2) is 19.0 Å². The Hall–Kier alpha value is -2.66. The zero-order chi connectivity index (χ0) is 17.4. The Morgan fingerprint density at radius 1 is 1.08 bits per heavy atom. The first-order valence-electron chi connectivity index (χ1n) is 8.21. The number of benzene rings is 2. The molecule has 1 heterocycles. The van der Waals surface area contributed by atoms with Crippen molar-refractivity contribution in [2.45, 2.75) is 19.3 Å². The second-order valence-corrected chi connectivity index (χ2v) is 7.14. The summed E-state index contributed by atoms with van der Waals surface area (Å²) in [6.07, 6.45) is 2.86.